The molecule has 0 aliphatic rings. The fourth-order valence-corrected chi connectivity index (χ4v) is 2.18. The highest BCUT2D eigenvalue weighted by Gasteiger charge is 2.09. The van der Waals surface area contributed by atoms with Gasteiger partial charge in [-0.3, -0.25) is 4.79 Å². The van der Waals surface area contributed by atoms with Crippen LogP contribution in [-0.4, -0.2) is 40.2 Å². The Kier molecular flexibility index (Phi) is 4.51. The molecule has 122 valence electrons. The normalized spacial score (nSPS) is 10.4. The topological polar surface area (TPSA) is 75.9 Å². The third kappa shape index (κ3) is 3.75. The van der Waals surface area contributed by atoms with E-state index < -0.39 is 0 Å². The highest BCUT2D eigenvalue weighted by Crippen LogP contribution is 2.16. The van der Waals surface area contributed by atoms with Crippen LogP contribution in [0.25, 0.3) is 11.4 Å². The summed E-state index contributed by atoms with van der Waals surface area (Å²) in [5.74, 6) is 0.295. The maximum absolute atomic E-state index is 12.1. The first-order chi connectivity index (χ1) is 11.6. The summed E-state index contributed by atoms with van der Waals surface area (Å²) in [5.41, 5.74) is 2.66. The molecule has 3 rings (SSSR count). The molecule has 1 heterocycles. The van der Waals surface area contributed by atoms with Crippen LogP contribution >= 0.6 is 0 Å². The predicted octanol–water partition coefficient (Wildman–Crippen LogP) is 2.04. The lowest BCUT2D eigenvalue weighted by Crippen LogP contribution is -2.20. The highest BCUT2D eigenvalue weighted by atomic mass is 16.2. The number of hydrogen-bond donors (Lipinski definition) is 1. The Labute approximate surface area is 139 Å². The van der Waals surface area contributed by atoms with Crippen molar-refractivity contribution >= 4 is 17.3 Å². The number of hydrogen-bond acceptors (Lipinski definition) is 5. The van der Waals surface area contributed by atoms with E-state index in [1.54, 1.807) is 0 Å². The van der Waals surface area contributed by atoms with Crippen molar-refractivity contribution in [3.8, 4) is 11.4 Å². The first-order valence-electron chi connectivity index (χ1n) is 7.52. The van der Waals surface area contributed by atoms with Gasteiger partial charge in [0.25, 0.3) is 0 Å². The molecule has 0 radical (unpaired) electrons. The van der Waals surface area contributed by atoms with E-state index in [1.807, 2.05) is 73.6 Å². The van der Waals surface area contributed by atoms with Crippen LogP contribution in [0, 0.1) is 0 Å². The van der Waals surface area contributed by atoms with Crippen molar-refractivity contribution < 1.29 is 4.79 Å². The highest BCUT2D eigenvalue weighted by molar-refractivity contribution is 5.90. The molecule has 24 heavy (non-hydrogen) atoms. The molecular weight excluding hydrogens is 304 g/mol. The zero-order valence-corrected chi connectivity index (χ0v) is 13.5. The van der Waals surface area contributed by atoms with Crippen LogP contribution in [0.2, 0.25) is 0 Å². The number of carbonyl (C=O) groups excluding carboxylic acids is 1. The Bertz CT molecular complexity index is 811. The van der Waals surface area contributed by atoms with Gasteiger partial charge in [0.05, 0.1) is 0 Å². The molecular formula is C17H18N6O. The number of amides is 1. The second-order valence-electron chi connectivity index (χ2n) is 5.50. The average molecular weight is 322 g/mol. The van der Waals surface area contributed by atoms with Gasteiger partial charge < -0.3 is 10.2 Å². The summed E-state index contributed by atoms with van der Waals surface area (Å²) in [4.78, 5) is 15.4. The molecule has 7 heteroatoms. The predicted molar refractivity (Wildman–Crippen MR) is 92.7 cm³/mol. The van der Waals surface area contributed by atoms with Crippen LogP contribution in [-0.2, 0) is 11.3 Å². The van der Waals surface area contributed by atoms with Gasteiger partial charge in [0.15, 0.2) is 0 Å². The zero-order valence-electron chi connectivity index (χ0n) is 13.5. The summed E-state index contributed by atoms with van der Waals surface area (Å²) in [6.45, 7) is 0.00919. The average Bonchev–Trinajstić information content (AvgIpc) is 3.04. The van der Waals surface area contributed by atoms with Crippen LogP contribution in [0.3, 0.4) is 0 Å². The monoisotopic (exact) mass is 322 g/mol. The minimum absolute atomic E-state index is 0.00919. The number of carbonyl (C=O) groups is 1. The molecule has 0 unspecified atom stereocenters. The Balaban J connectivity index is 1.62. The third-order valence-corrected chi connectivity index (χ3v) is 3.44. The van der Waals surface area contributed by atoms with Gasteiger partial charge in [-0.1, -0.05) is 30.3 Å². The number of benzene rings is 2. The van der Waals surface area contributed by atoms with E-state index in [-0.39, 0.29) is 12.5 Å². The van der Waals surface area contributed by atoms with Gasteiger partial charge in [0, 0.05) is 31.0 Å². The fourth-order valence-electron chi connectivity index (χ4n) is 2.18. The minimum atomic E-state index is -0.204. The Hall–Kier alpha value is -3.22. The summed E-state index contributed by atoms with van der Waals surface area (Å²) in [5, 5.41) is 14.9. The van der Waals surface area contributed by atoms with E-state index in [0.29, 0.717) is 5.82 Å². The lowest BCUT2D eigenvalue weighted by atomic mass is 10.2. The number of rotatable bonds is 5. The number of nitrogens with one attached hydrogen (secondary N) is 1. The van der Waals surface area contributed by atoms with Crippen molar-refractivity contribution in [1.82, 2.24) is 20.2 Å². The number of anilines is 2. The summed E-state index contributed by atoms with van der Waals surface area (Å²) in [6, 6.07) is 17.1. The van der Waals surface area contributed by atoms with E-state index in [0.717, 1.165) is 16.9 Å². The van der Waals surface area contributed by atoms with Crippen LogP contribution in [0.4, 0.5) is 11.4 Å². The molecule has 1 amide bonds. The van der Waals surface area contributed by atoms with E-state index in [4.69, 9.17) is 0 Å². The van der Waals surface area contributed by atoms with Crippen molar-refractivity contribution in [2.45, 2.75) is 6.54 Å². The first kappa shape index (κ1) is 15.7. The van der Waals surface area contributed by atoms with Gasteiger partial charge in [-0.25, -0.2) is 0 Å². The zero-order chi connectivity index (χ0) is 16.9. The Morgan fingerprint density at radius 3 is 2.46 bits per heavy atom. The summed E-state index contributed by atoms with van der Waals surface area (Å²) in [7, 11) is 3.93. The summed E-state index contributed by atoms with van der Waals surface area (Å²) >= 11 is 0. The third-order valence-electron chi connectivity index (χ3n) is 3.44. The molecule has 0 atom stereocenters. The van der Waals surface area contributed by atoms with Crippen molar-refractivity contribution in [3.05, 3.63) is 54.6 Å². The van der Waals surface area contributed by atoms with Gasteiger partial charge >= 0.3 is 0 Å². The van der Waals surface area contributed by atoms with Crippen LogP contribution in [0.5, 0.6) is 0 Å². The molecule has 0 fully saturated rings. The lowest BCUT2D eigenvalue weighted by Gasteiger charge is -2.12. The van der Waals surface area contributed by atoms with Crippen LogP contribution in [0.1, 0.15) is 0 Å². The molecule has 2 aromatic carbocycles. The van der Waals surface area contributed by atoms with Gasteiger partial charge in [-0.2, -0.15) is 4.80 Å². The number of nitrogens with zero attached hydrogens (tertiary/aromatic N) is 5. The first-order valence-corrected chi connectivity index (χ1v) is 7.52. The van der Waals surface area contributed by atoms with Gasteiger partial charge in [-0.05, 0) is 29.5 Å². The maximum Gasteiger partial charge on any atom is 0.248 e. The standard InChI is InChI=1S/C17H18N6O/c1-22(2)15-10-8-14(9-11-15)18-16(24)12-23-20-17(19-21-23)13-6-4-3-5-7-13/h3-11H,12H2,1-2H3,(H,18,24). The second-order valence-corrected chi connectivity index (χ2v) is 5.50. The van der Waals surface area contributed by atoms with Crippen molar-refractivity contribution in [1.29, 1.82) is 0 Å². The molecule has 0 saturated heterocycles. The van der Waals surface area contributed by atoms with Crippen LogP contribution < -0.4 is 10.2 Å². The molecule has 1 aromatic heterocycles. The van der Waals surface area contributed by atoms with Crippen molar-refractivity contribution in [3.63, 3.8) is 0 Å². The smallest absolute Gasteiger partial charge is 0.248 e. The van der Waals surface area contributed by atoms with E-state index >= 15 is 0 Å². The van der Waals surface area contributed by atoms with Crippen LogP contribution in [0.15, 0.2) is 54.6 Å². The van der Waals surface area contributed by atoms with Crippen molar-refractivity contribution in [2.75, 3.05) is 24.3 Å². The Morgan fingerprint density at radius 1 is 1.08 bits per heavy atom. The number of tetrazole rings is 1. The summed E-state index contributed by atoms with van der Waals surface area (Å²) < 4.78 is 0. The molecule has 3 aromatic rings. The van der Waals surface area contributed by atoms with Gasteiger partial charge in [-0.15, -0.1) is 10.2 Å². The maximum atomic E-state index is 12.1. The molecule has 0 saturated carbocycles. The minimum Gasteiger partial charge on any atom is -0.378 e. The quantitative estimate of drug-likeness (QED) is 0.778. The molecule has 1 N–H and O–H groups in total. The molecule has 0 aliphatic heterocycles. The SMILES string of the molecule is CN(C)c1ccc(NC(=O)Cn2nnc(-c3ccccc3)n2)cc1. The second kappa shape index (κ2) is 6.91. The Morgan fingerprint density at radius 2 is 1.79 bits per heavy atom. The molecule has 7 nitrogen and oxygen atoms in total. The number of aromatic nitrogens is 4. The van der Waals surface area contributed by atoms with E-state index in [2.05, 4.69) is 20.7 Å². The molecule has 0 bridgehead atoms. The van der Waals surface area contributed by atoms with Crippen molar-refractivity contribution in [2.24, 2.45) is 0 Å². The fraction of sp³-hybridized carbons (Fsp3) is 0.176. The molecule has 0 spiro atoms. The lowest BCUT2D eigenvalue weighted by molar-refractivity contribution is -0.117. The van der Waals surface area contributed by atoms with Gasteiger partial charge in [0.1, 0.15) is 6.54 Å². The largest absolute Gasteiger partial charge is 0.378 e. The van der Waals surface area contributed by atoms with E-state index in [1.165, 1.54) is 4.80 Å². The van der Waals surface area contributed by atoms with E-state index in [9.17, 15) is 4.79 Å². The molecule has 0 aliphatic carbocycles. The summed E-state index contributed by atoms with van der Waals surface area (Å²) in [6.07, 6.45) is 0. The van der Waals surface area contributed by atoms with Gasteiger partial charge in [0.2, 0.25) is 11.7 Å².